The molecule has 114 valence electrons. The van der Waals surface area contributed by atoms with Crippen LogP contribution in [0.1, 0.15) is 17.7 Å². The van der Waals surface area contributed by atoms with Crippen molar-refractivity contribution in [1.29, 1.82) is 0 Å². The highest BCUT2D eigenvalue weighted by Gasteiger charge is 2.48. The average Bonchev–Trinajstić information content (AvgIpc) is 3.04. The largest absolute Gasteiger partial charge is 0.480 e. The van der Waals surface area contributed by atoms with Crippen LogP contribution in [0.3, 0.4) is 0 Å². The van der Waals surface area contributed by atoms with Crippen LogP contribution in [0.5, 0.6) is 0 Å². The van der Waals surface area contributed by atoms with Gasteiger partial charge in [0, 0.05) is 10.6 Å². The maximum atomic E-state index is 12.4. The molecule has 1 saturated carbocycles. The SMILES string of the molecule is O=C(O)C1CSC(C2CC2)N1C(=O)NCc1ccc(Cl)s1. The van der Waals surface area contributed by atoms with Gasteiger partial charge in [-0.3, -0.25) is 4.90 Å². The summed E-state index contributed by atoms with van der Waals surface area (Å²) in [4.78, 5) is 26.2. The molecule has 1 aromatic heterocycles. The molecule has 2 amide bonds. The molecule has 2 aliphatic rings. The van der Waals surface area contributed by atoms with E-state index < -0.39 is 12.0 Å². The molecule has 2 atom stereocenters. The fourth-order valence-corrected chi connectivity index (χ4v) is 5.08. The van der Waals surface area contributed by atoms with Crippen LogP contribution in [0, 0.1) is 5.92 Å². The van der Waals surface area contributed by atoms with Crippen LogP contribution < -0.4 is 5.32 Å². The predicted molar refractivity (Wildman–Crippen MR) is 83.8 cm³/mol. The Morgan fingerprint density at radius 1 is 1.43 bits per heavy atom. The molecule has 21 heavy (non-hydrogen) atoms. The summed E-state index contributed by atoms with van der Waals surface area (Å²) in [6, 6.07) is 2.62. The maximum Gasteiger partial charge on any atom is 0.327 e. The van der Waals surface area contributed by atoms with E-state index in [9.17, 15) is 14.7 Å². The number of urea groups is 1. The zero-order valence-electron chi connectivity index (χ0n) is 11.1. The predicted octanol–water partition coefficient (Wildman–Crippen LogP) is 2.85. The van der Waals surface area contributed by atoms with Crippen molar-refractivity contribution in [2.75, 3.05) is 5.75 Å². The first-order valence-corrected chi connectivity index (χ1v) is 8.95. The van der Waals surface area contributed by atoms with Crippen LogP contribution in [-0.4, -0.2) is 39.2 Å². The van der Waals surface area contributed by atoms with Gasteiger partial charge in [0.1, 0.15) is 6.04 Å². The Hall–Kier alpha value is -0.920. The number of hydrogen-bond acceptors (Lipinski definition) is 4. The van der Waals surface area contributed by atoms with Gasteiger partial charge in [-0.1, -0.05) is 11.6 Å². The molecule has 3 rings (SSSR count). The standard InChI is InChI=1S/C13H15ClN2O3S2/c14-10-4-3-8(21-10)5-15-13(19)16-9(12(17)18)6-20-11(16)7-1-2-7/h3-4,7,9,11H,1-2,5-6H2,(H,15,19)(H,17,18). The molecule has 0 spiro atoms. The maximum absolute atomic E-state index is 12.4. The second-order valence-corrected chi connectivity index (χ2v) is 8.14. The van der Waals surface area contributed by atoms with Crippen LogP contribution in [0.15, 0.2) is 12.1 Å². The summed E-state index contributed by atoms with van der Waals surface area (Å²) in [5.74, 6) is -0.0179. The van der Waals surface area contributed by atoms with Crippen molar-refractivity contribution in [3.8, 4) is 0 Å². The molecular formula is C13H15ClN2O3S2. The van der Waals surface area contributed by atoms with Crippen molar-refractivity contribution in [1.82, 2.24) is 10.2 Å². The van der Waals surface area contributed by atoms with Gasteiger partial charge in [-0.05, 0) is 30.9 Å². The lowest BCUT2D eigenvalue weighted by molar-refractivity contribution is -0.141. The number of amides is 2. The number of carbonyl (C=O) groups excluding carboxylic acids is 1. The van der Waals surface area contributed by atoms with Crippen LogP contribution in [0.2, 0.25) is 4.34 Å². The van der Waals surface area contributed by atoms with E-state index in [2.05, 4.69) is 5.32 Å². The van der Waals surface area contributed by atoms with Gasteiger partial charge in [-0.15, -0.1) is 23.1 Å². The first-order chi connectivity index (χ1) is 10.1. The third-order valence-corrected chi connectivity index (χ3v) is 6.32. The highest BCUT2D eigenvalue weighted by molar-refractivity contribution is 8.00. The number of thioether (sulfide) groups is 1. The number of aliphatic carboxylic acids is 1. The fraction of sp³-hybridized carbons (Fsp3) is 0.538. The second kappa shape index (κ2) is 6.06. The minimum atomic E-state index is -0.931. The minimum absolute atomic E-state index is 0.00183. The number of rotatable bonds is 4. The summed E-state index contributed by atoms with van der Waals surface area (Å²) in [6.07, 6.45) is 2.16. The topological polar surface area (TPSA) is 69.6 Å². The van der Waals surface area contributed by atoms with Crippen molar-refractivity contribution in [3.63, 3.8) is 0 Å². The van der Waals surface area contributed by atoms with Crippen LogP contribution in [0.4, 0.5) is 4.79 Å². The van der Waals surface area contributed by atoms with Crippen molar-refractivity contribution in [2.45, 2.75) is 30.8 Å². The number of nitrogens with zero attached hydrogens (tertiary/aromatic N) is 1. The summed E-state index contributed by atoms with van der Waals surface area (Å²) in [5.41, 5.74) is 0. The van der Waals surface area contributed by atoms with E-state index in [1.807, 2.05) is 6.07 Å². The van der Waals surface area contributed by atoms with Crippen LogP contribution in [0.25, 0.3) is 0 Å². The van der Waals surface area contributed by atoms with Crippen molar-refractivity contribution >= 4 is 46.7 Å². The van der Waals surface area contributed by atoms with E-state index >= 15 is 0 Å². The normalized spacial score (nSPS) is 25.1. The smallest absolute Gasteiger partial charge is 0.327 e. The van der Waals surface area contributed by atoms with E-state index in [1.165, 1.54) is 16.2 Å². The van der Waals surface area contributed by atoms with Crippen LogP contribution in [-0.2, 0) is 11.3 Å². The summed E-state index contributed by atoms with van der Waals surface area (Å²) in [5, 5.41) is 12.1. The quantitative estimate of drug-likeness (QED) is 0.879. The highest BCUT2D eigenvalue weighted by atomic mass is 35.5. The minimum Gasteiger partial charge on any atom is -0.480 e. The monoisotopic (exact) mass is 346 g/mol. The summed E-state index contributed by atoms with van der Waals surface area (Å²) in [6.45, 7) is 0.376. The molecule has 2 N–H and O–H groups in total. The Balaban J connectivity index is 1.66. The lowest BCUT2D eigenvalue weighted by Gasteiger charge is -2.27. The molecule has 1 aliphatic heterocycles. The second-order valence-electron chi connectivity index (χ2n) is 5.19. The summed E-state index contributed by atoms with van der Waals surface area (Å²) >= 11 is 8.84. The van der Waals surface area contributed by atoms with Gasteiger partial charge in [-0.25, -0.2) is 9.59 Å². The first kappa shape index (κ1) is 15.0. The molecule has 0 radical (unpaired) electrons. The molecule has 1 aromatic rings. The first-order valence-electron chi connectivity index (χ1n) is 6.71. The highest BCUT2D eigenvalue weighted by Crippen LogP contribution is 2.45. The van der Waals surface area contributed by atoms with Gasteiger partial charge in [0.15, 0.2) is 0 Å². The molecule has 5 nitrogen and oxygen atoms in total. The Kier molecular flexibility index (Phi) is 4.33. The molecule has 2 heterocycles. The molecule has 1 aliphatic carbocycles. The van der Waals surface area contributed by atoms with Gasteiger partial charge in [-0.2, -0.15) is 0 Å². The molecule has 2 unspecified atom stereocenters. The summed E-state index contributed by atoms with van der Waals surface area (Å²) < 4.78 is 0.676. The molecule has 0 aromatic carbocycles. The molecule has 2 fully saturated rings. The fourth-order valence-electron chi connectivity index (χ4n) is 2.42. The van der Waals surface area contributed by atoms with E-state index in [-0.39, 0.29) is 11.4 Å². The third kappa shape index (κ3) is 3.30. The van der Waals surface area contributed by atoms with Crippen molar-refractivity contribution in [2.24, 2.45) is 5.92 Å². The molecule has 0 bridgehead atoms. The number of carboxylic acid groups (broad SMARTS) is 1. The third-order valence-electron chi connectivity index (χ3n) is 3.62. The number of hydrogen-bond donors (Lipinski definition) is 2. The van der Waals surface area contributed by atoms with E-state index in [1.54, 1.807) is 17.8 Å². The van der Waals surface area contributed by atoms with E-state index in [4.69, 9.17) is 11.6 Å². The van der Waals surface area contributed by atoms with E-state index in [0.717, 1.165) is 17.7 Å². The van der Waals surface area contributed by atoms with Gasteiger partial charge >= 0.3 is 12.0 Å². The molecule has 1 saturated heterocycles. The number of nitrogens with one attached hydrogen (secondary N) is 1. The van der Waals surface area contributed by atoms with Gasteiger partial charge in [0.05, 0.1) is 16.3 Å². The van der Waals surface area contributed by atoms with Gasteiger partial charge in [0.2, 0.25) is 0 Å². The number of carboxylic acids is 1. The Labute approximate surface area is 135 Å². The average molecular weight is 347 g/mol. The van der Waals surface area contributed by atoms with Crippen LogP contribution >= 0.6 is 34.7 Å². The number of halogens is 1. The number of carbonyl (C=O) groups is 2. The van der Waals surface area contributed by atoms with Gasteiger partial charge in [0.25, 0.3) is 0 Å². The van der Waals surface area contributed by atoms with Gasteiger partial charge < -0.3 is 10.4 Å². The summed E-state index contributed by atoms with van der Waals surface area (Å²) in [7, 11) is 0. The van der Waals surface area contributed by atoms with E-state index in [0.29, 0.717) is 22.6 Å². The molecular weight excluding hydrogens is 332 g/mol. The molecule has 8 heteroatoms. The Morgan fingerprint density at radius 3 is 2.76 bits per heavy atom. The Bertz CT molecular complexity index is 561. The lowest BCUT2D eigenvalue weighted by atomic mass is 10.2. The van der Waals surface area contributed by atoms with Crippen molar-refractivity contribution < 1.29 is 14.7 Å². The number of thiophene rings is 1. The van der Waals surface area contributed by atoms with Crippen molar-refractivity contribution in [3.05, 3.63) is 21.3 Å². The zero-order valence-corrected chi connectivity index (χ0v) is 13.5. The lowest BCUT2D eigenvalue weighted by Crippen LogP contribution is -2.50. The Morgan fingerprint density at radius 2 is 2.19 bits per heavy atom. The zero-order chi connectivity index (χ0) is 15.0.